The summed E-state index contributed by atoms with van der Waals surface area (Å²) in [5.41, 5.74) is 1.93. The Labute approximate surface area is 122 Å². The molecule has 0 aliphatic heterocycles. The van der Waals surface area contributed by atoms with Crippen LogP contribution in [0, 0.1) is 11.8 Å². The molecule has 1 N–H and O–H groups in total. The normalized spacial score (nSPS) is 23.5. The van der Waals surface area contributed by atoms with Crippen molar-refractivity contribution in [2.75, 3.05) is 6.61 Å². The van der Waals surface area contributed by atoms with Crippen molar-refractivity contribution in [2.24, 2.45) is 11.8 Å². The molecule has 0 bridgehead atoms. The van der Waals surface area contributed by atoms with Crippen molar-refractivity contribution in [3.8, 4) is 5.75 Å². The van der Waals surface area contributed by atoms with Crippen molar-refractivity contribution in [1.29, 1.82) is 0 Å². The van der Waals surface area contributed by atoms with Gasteiger partial charge in [0.25, 0.3) is 0 Å². The number of pyridine rings is 1. The topological polar surface area (TPSA) is 42.4 Å². The monoisotopic (exact) mass is 277 g/mol. The predicted molar refractivity (Wildman–Crippen MR) is 81.0 cm³/mol. The van der Waals surface area contributed by atoms with Crippen molar-refractivity contribution in [3.63, 3.8) is 0 Å². The van der Waals surface area contributed by atoms with Crippen molar-refractivity contribution in [1.82, 2.24) is 4.98 Å². The van der Waals surface area contributed by atoms with Gasteiger partial charge in [0, 0.05) is 11.8 Å². The van der Waals surface area contributed by atoms with Crippen LogP contribution in [0.2, 0.25) is 0 Å². The summed E-state index contributed by atoms with van der Waals surface area (Å²) in [7, 11) is 0. The highest BCUT2D eigenvalue weighted by atomic mass is 16.5. The van der Waals surface area contributed by atoms with Crippen LogP contribution in [0.1, 0.15) is 70.2 Å². The van der Waals surface area contributed by atoms with E-state index in [4.69, 9.17) is 4.74 Å². The Balaban J connectivity index is 2.11. The molecule has 3 unspecified atom stereocenters. The van der Waals surface area contributed by atoms with Crippen LogP contribution in [0.25, 0.3) is 0 Å². The van der Waals surface area contributed by atoms with Crippen LogP contribution in [0.5, 0.6) is 5.75 Å². The van der Waals surface area contributed by atoms with Gasteiger partial charge in [0.1, 0.15) is 5.75 Å². The summed E-state index contributed by atoms with van der Waals surface area (Å²) in [4.78, 5) is 4.36. The van der Waals surface area contributed by atoms with Gasteiger partial charge in [-0.25, -0.2) is 0 Å². The van der Waals surface area contributed by atoms with E-state index in [0.29, 0.717) is 17.8 Å². The Morgan fingerprint density at radius 1 is 1.35 bits per heavy atom. The number of rotatable bonds is 5. The second kappa shape index (κ2) is 6.57. The van der Waals surface area contributed by atoms with Crippen molar-refractivity contribution in [2.45, 2.75) is 59.0 Å². The lowest BCUT2D eigenvalue weighted by molar-refractivity contribution is 0.144. The molecule has 1 aliphatic rings. The van der Waals surface area contributed by atoms with E-state index in [0.717, 1.165) is 36.5 Å². The fourth-order valence-electron chi connectivity index (χ4n) is 3.15. The Kier molecular flexibility index (Phi) is 5.03. The summed E-state index contributed by atoms with van der Waals surface area (Å²) >= 11 is 0. The van der Waals surface area contributed by atoms with Crippen LogP contribution in [-0.2, 0) is 0 Å². The van der Waals surface area contributed by atoms with Gasteiger partial charge in [-0.05, 0) is 43.1 Å². The maximum absolute atomic E-state index is 10.1. The third-order valence-electron chi connectivity index (χ3n) is 4.06. The Morgan fingerprint density at radius 2 is 2.10 bits per heavy atom. The molecule has 1 aliphatic carbocycles. The van der Waals surface area contributed by atoms with Crippen LogP contribution < -0.4 is 4.74 Å². The van der Waals surface area contributed by atoms with Crippen LogP contribution in [-0.4, -0.2) is 16.7 Å². The number of aliphatic hydroxyl groups excluding tert-OH is 1. The van der Waals surface area contributed by atoms with Crippen molar-refractivity contribution in [3.05, 3.63) is 23.5 Å². The number of aromatic nitrogens is 1. The second-order valence-electron chi connectivity index (χ2n) is 6.65. The minimum absolute atomic E-state index is 0.414. The van der Waals surface area contributed by atoms with E-state index in [1.54, 1.807) is 6.20 Å². The quantitative estimate of drug-likeness (QED) is 0.882. The lowest BCUT2D eigenvalue weighted by atomic mass is 9.85. The number of aliphatic hydroxyl groups is 1. The zero-order valence-corrected chi connectivity index (χ0v) is 13.1. The summed E-state index contributed by atoms with van der Waals surface area (Å²) in [6.07, 6.45) is 4.29. The third kappa shape index (κ3) is 3.51. The largest absolute Gasteiger partial charge is 0.493 e. The van der Waals surface area contributed by atoms with Crippen molar-refractivity contribution >= 4 is 0 Å². The van der Waals surface area contributed by atoms with E-state index in [2.05, 4.69) is 32.7 Å². The van der Waals surface area contributed by atoms with Gasteiger partial charge in [-0.1, -0.05) is 27.7 Å². The fourth-order valence-corrected chi connectivity index (χ4v) is 3.15. The van der Waals surface area contributed by atoms with E-state index in [9.17, 15) is 5.11 Å². The van der Waals surface area contributed by atoms with Gasteiger partial charge in [0.15, 0.2) is 0 Å². The molecule has 3 atom stereocenters. The van der Waals surface area contributed by atoms with Crippen LogP contribution in [0.15, 0.2) is 12.3 Å². The summed E-state index contributed by atoms with van der Waals surface area (Å²) < 4.78 is 6.03. The van der Waals surface area contributed by atoms with Crippen LogP contribution in [0.4, 0.5) is 0 Å². The van der Waals surface area contributed by atoms with Gasteiger partial charge in [-0.2, -0.15) is 0 Å². The van der Waals surface area contributed by atoms with Crippen LogP contribution in [0.3, 0.4) is 0 Å². The van der Waals surface area contributed by atoms with Gasteiger partial charge < -0.3 is 9.84 Å². The third-order valence-corrected chi connectivity index (χ3v) is 4.06. The first-order valence-corrected chi connectivity index (χ1v) is 7.78. The molecule has 0 radical (unpaired) electrons. The number of hydrogen-bond acceptors (Lipinski definition) is 3. The second-order valence-corrected chi connectivity index (χ2v) is 6.65. The molecule has 0 aromatic carbocycles. The van der Waals surface area contributed by atoms with E-state index < -0.39 is 6.10 Å². The van der Waals surface area contributed by atoms with Gasteiger partial charge in [0.05, 0.1) is 18.4 Å². The zero-order valence-electron chi connectivity index (χ0n) is 13.1. The predicted octanol–water partition coefficient (Wildman–Crippen LogP) is 4.07. The van der Waals surface area contributed by atoms with E-state index in [1.807, 2.05) is 6.07 Å². The van der Waals surface area contributed by atoms with Gasteiger partial charge in [-0.15, -0.1) is 0 Å². The average molecular weight is 277 g/mol. The SMILES string of the molecule is CC(C)CC(C)COc1ccnc2c1C(C)CCC2O. The van der Waals surface area contributed by atoms with Gasteiger partial charge >= 0.3 is 0 Å². The molecule has 0 saturated heterocycles. The Hall–Kier alpha value is -1.09. The molecule has 1 aromatic rings. The summed E-state index contributed by atoms with van der Waals surface area (Å²) in [6.45, 7) is 9.63. The Morgan fingerprint density at radius 3 is 2.80 bits per heavy atom. The molecular weight excluding hydrogens is 250 g/mol. The minimum atomic E-state index is -0.433. The zero-order chi connectivity index (χ0) is 14.7. The molecule has 1 aromatic heterocycles. The fraction of sp³-hybridized carbons (Fsp3) is 0.706. The minimum Gasteiger partial charge on any atom is -0.493 e. The number of nitrogens with zero attached hydrogens (tertiary/aromatic N) is 1. The van der Waals surface area contributed by atoms with E-state index in [1.165, 1.54) is 6.42 Å². The number of fused-ring (bicyclic) bond motifs is 1. The molecule has 0 spiro atoms. The van der Waals surface area contributed by atoms with Crippen LogP contribution >= 0.6 is 0 Å². The van der Waals surface area contributed by atoms with Crippen molar-refractivity contribution < 1.29 is 9.84 Å². The standard InChI is InChI=1S/C17H27NO2/c1-11(2)9-12(3)10-20-15-7-8-18-17-14(19)6-5-13(4)16(15)17/h7-8,11-14,19H,5-6,9-10H2,1-4H3. The first kappa shape index (κ1) is 15.3. The summed E-state index contributed by atoms with van der Waals surface area (Å²) in [5, 5.41) is 10.1. The van der Waals surface area contributed by atoms with Gasteiger partial charge in [-0.3, -0.25) is 4.98 Å². The maximum Gasteiger partial charge on any atom is 0.126 e. The van der Waals surface area contributed by atoms with Gasteiger partial charge in [0.2, 0.25) is 0 Å². The smallest absolute Gasteiger partial charge is 0.126 e. The molecule has 0 amide bonds. The lowest BCUT2D eigenvalue weighted by Gasteiger charge is -2.28. The molecule has 2 rings (SSSR count). The molecule has 0 fully saturated rings. The molecular formula is C17H27NO2. The number of hydrogen-bond donors (Lipinski definition) is 1. The summed E-state index contributed by atoms with van der Waals surface area (Å²) in [5.74, 6) is 2.57. The highest BCUT2D eigenvalue weighted by molar-refractivity contribution is 5.41. The molecule has 112 valence electrons. The van der Waals surface area contributed by atoms with E-state index in [-0.39, 0.29) is 0 Å². The molecule has 3 nitrogen and oxygen atoms in total. The lowest BCUT2D eigenvalue weighted by Crippen LogP contribution is -2.17. The first-order valence-electron chi connectivity index (χ1n) is 7.78. The maximum atomic E-state index is 10.1. The Bertz CT molecular complexity index is 445. The molecule has 20 heavy (non-hydrogen) atoms. The highest BCUT2D eigenvalue weighted by Gasteiger charge is 2.27. The van der Waals surface area contributed by atoms with E-state index >= 15 is 0 Å². The first-order chi connectivity index (χ1) is 9.49. The highest BCUT2D eigenvalue weighted by Crippen LogP contribution is 2.41. The molecule has 1 heterocycles. The molecule has 0 saturated carbocycles. The molecule has 3 heteroatoms. The number of ether oxygens (including phenoxy) is 1. The summed E-state index contributed by atoms with van der Waals surface area (Å²) in [6, 6.07) is 1.94. The average Bonchev–Trinajstić information content (AvgIpc) is 2.40.